The Balaban J connectivity index is 1.49. The quantitative estimate of drug-likeness (QED) is 0.162. The van der Waals surface area contributed by atoms with Crippen LogP contribution in [-0.4, -0.2) is 57.2 Å². The van der Waals surface area contributed by atoms with E-state index in [4.69, 9.17) is 28.4 Å². The summed E-state index contributed by atoms with van der Waals surface area (Å²) in [6.07, 6.45) is 4.34. The number of hydrogen-bond acceptors (Lipinski definition) is 9. The SMILES string of the molecule is C=CC(=O)OCC(C)COC(=O)CCC(=O)OCCCOc1ccc(OC2CCCCO2)cc1. The molecule has 1 aliphatic rings. The van der Waals surface area contributed by atoms with Gasteiger partial charge in [0.25, 0.3) is 0 Å². The van der Waals surface area contributed by atoms with Crippen LogP contribution in [0.2, 0.25) is 0 Å². The first-order chi connectivity index (χ1) is 16.5. The van der Waals surface area contributed by atoms with Crippen LogP contribution in [-0.2, 0) is 33.3 Å². The minimum Gasteiger partial charge on any atom is -0.493 e. The Labute approximate surface area is 200 Å². The van der Waals surface area contributed by atoms with E-state index in [0.29, 0.717) is 18.8 Å². The number of carbonyl (C=O) groups is 3. The maximum absolute atomic E-state index is 11.8. The van der Waals surface area contributed by atoms with Gasteiger partial charge in [-0.25, -0.2) is 4.79 Å². The van der Waals surface area contributed by atoms with Gasteiger partial charge in [-0.3, -0.25) is 9.59 Å². The zero-order valence-electron chi connectivity index (χ0n) is 19.7. The van der Waals surface area contributed by atoms with Crippen LogP contribution in [0.5, 0.6) is 11.5 Å². The van der Waals surface area contributed by atoms with E-state index in [2.05, 4.69) is 6.58 Å². The summed E-state index contributed by atoms with van der Waals surface area (Å²) in [5.41, 5.74) is 0. The third-order valence-corrected chi connectivity index (χ3v) is 4.79. The summed E-state index contributed by atoms with van der Waals surface area (Å²) in [5.74, 6) is -0.244. The molecule has 9 heteroatoms. The van der Waals surface area contributed by atoms with E-state index in [1.807, 2.05) is 24.3 Å². The Bertz CT molecular complexity index is 769. The summed E-state index contributed by atoms with van der Waals surface area (Å²) < 4.78 is 32.0. The molecule has 0 bridgehead atoms. The van der Waals surface area contributed by atoms with Crippen molar-refractivity contribution in [2.75, 3.05) is 33.0 Å². The molecule has 2 atom stereocenters. The fourth-order valence-electron chi connectivity index (χ4n) is 2.92. The number of carbonyl (C=O) groups excluding carboxylic acids is 3. The maximum Gasteiger partial charge on any atom is 0.330 e. The molecule has 1 aromatic carbocycles. The van der Waals surface area contributed by atoms with E-state index in [-0.39, 0.29) is 44.9 Å². The molecule has 0 aliphatic carbocycles. The monoisotopic (exact) mass is 478 g/mol. The molecule has 188 valence electrons. The van der Waals surface area contributed by atoms with Gasteiger partial charge in [0.15, 0.2) is 6.29 Å². The molecule has 1 fully saturated rings. The van der Waals surface area contributed by atoms with E-state index >= 15 is 0 Å². The smallest absolute Gasteiger partial charge is 0.330 e. The van der Waals surface area contributed by atoms with Gasteiger partial charge in [0.1, 0.15) is 11.5 Å². The summed E-state index contributed by atoms with van der Waals surface area (Å²) >= 11 is 0. The van der Waals surface area contributed by atoms with Crippen LogP contribution in [0.4, 0.5) is 0 Å². The highest BCUT2D eigenvalue weighted by Gasteiger charge is 2.15. The Kier molecular flexibility index (Phi) is 12.6. The third kappa shape index (κ3) is 11.7. The lowest BCUT2D eigenvalue weighted by Crippen LogP contribution is -2.24. The molecule has 1 aliphatic heterocycles. The number of esters is 3. The van der Waals surface area contributed by atoms with Gasteiger partial charge in [-0.05, 0) is 37.1 Å². The van der Waals surface area contributed by atoms with Crippen LogP contribution in [0.25, 0.3) is 0 Å². The predicted octanol–water partition coefficient (Wildman–Crippen LogP) is 3.59. The Morgan fingerprint density at radius 2 is 1.68 bits per heavy atom. The first-order valence-corrected chi connectivity index (χ1v) is 11.6. The van der Waals surface area contributed by atoms with Crippen molar-refractivity contribution in [3.05, 3.63) is 36.9 Å². The van der Waals surface area contributed by atoms with Crippen LogP contribution >= 0.6 is 0 Å². The molecule has 0 spiro atoms. The van der Waals surface area contributed by atoms with Crippen molar-refractivity contribution in [3.63, 3.8) is 0 Å². The van der Waals surface area contributed by atoms with Crippen molar-refractivity contribution in [3.8, 4) is 11.5 Å². The van der Waals surface area contributed by atoms with Gasteiger partial charge in [-0.1, -0.05) is 13.5 Å². The fraction of sp³-hybridized carbons (Fsp3) is 0.560. The van der Waals surface area contributed by atoms with E-state index in [1.54, 1.807) is 6.92 Å². The van der Waals surface area contributed by atoms with E-state index < -0.39 is 17.9 Å². The molecule has 0 N–H and O–H groups in total. The second-order valence-corrected chi connectivity index (χ2v) is 7.93. The van der Waals surface area contributed by atoms with Gasteiger partial charge in [-0.2, -0.15) is 0 Å². The molecule has 2 rings (SSSR count). The average molecular weight is 479 g/mol. The molecule has 0 radical (unpaired) electrons. The van der Waals surface area contributed by atoms with Crippen molar-refractivity contribution in [1.29, 1.82) is 0 Å². The van der Waals surface area contributed by atoms with Crippen LogP contribution < -0.4 is 9.47 Å². The van der Waals surface area contributed by atoms with Gasteiger partial charge in [0.05, 0.1) is 45.9 Å². The lowest BCUT2D eigenvalue weighted by atomic mass is 10.2. The Morgan fingerprint density at radius 1 is 1.00 bits per heavy atom. The van der Waals surface area contributed by atoms with Crippen molar-refractivity contribution in [2.24, 2.45) is 5.92 Å². The molecular formula is C25H34O9. The topological polar surface area (TPSA) is 107 Å². The molecule has 1 saturated heterocycles. The Hall–Kier alpha value is -3.07. The summed E-state index contributed by atoms with van der Waals surface area (Å²) in [6, 6.07) is 7.31. The summed E-state index contributed by atoms with van der Waals surface area (Å²) in [7, 11) is 0. The molecule has 1 aromatic rings. The molecule has 0 amide bonds. The van der Waals surface area contributed by atoms with Crippen molar-refractivity contribution in [2.45, 2.75) is 51.7 Å². The lowest BCUT2D eigenvalue weighted by molar-refractivity contribution is -0.152. The van der Waals surface area contributed by atoms with Crippen LogP contribution in [0, 0.1) is 5.92 Å². The molecule has 2 unspecified atom stereocenters. The van der Waals surface area contributed by atoms with Gasteiger partial charge in [0.2, 0.25) is 0 Å². The summed E-state index contributed by atoms with van der Waals surface area (Å²) in [4.78, 5) is 34.5. The van der Waals surface area contributed by atoms with Gasteiger partial charge >= 0.3 is 17.9 Å². The predicted molar refractivity (Wildman–Crippen MR) is 122 cm³/mol. The van der Waals surface area contributed by atoms with Gasteiger partial charge < -0.3 is 28.4 Å². The molecule has 9 nitrogen and oxygen atoms in total. The largest absolute Gasteiger partial charge is 0.493 e. The Morgan fingerprint density at radius 3 is 2.35 bits per heavy atom. The second kappa shape index (κ2) is 15.7. The highest BCUT2D eigenvalue weighted by atomic mass is 16.7. The number of rotatable bonds is 15. The van der Waals surface area contributed by atoms with Crippen LogP contribution in [0.3, 0.4) is 0 Å². The van der Waals surface area contributed by atoms with E-state index in [0.717, 1.165) is 37.7 Å². The average Bonchev–Trinajstić information content (AvgIpc) is 2.86. The van der Waals surface area contributed by atoms with Crippen molar-refractivity contribution < 1.29 is 42.8 Å². The summed E-state index contributed by atoms with van der Waals surface area (Å²) in [5, 5.41) is 0. The standard InChI is InChI=1S/C25H34O9/c1-3-22(26)32-17-19(2)18-33-24(28)13-12-23(27)30-16-6-15-29-20-8-10-21(11-9-20)34-25-7-4-5-14-31-25/h3,8-11,19,25H,1,4-7,12-18H2,2H3. The van der Waals surface area contributed by atoms with Crippen LogP contribution in [0.1, 0.15) is 45.4 Å². The lowest BCUT2D eigenvalue weighted by Gasteiger charge is -2.23. The fourth-order valence-corrected chi connectivity index (χ4v) is 2.92. The number of ether oxygens (including phenoxy) is 6. The molecular weight excluding hydrogens is 444 g/mol. The van der Waals surface area contributed by atoms with Crippen LogP contribution in [0.15, 0.2) is 36.9 Å². The van der Waals surface area contributed by atoms with Crippen molar-refractivity contribution >= 4 is 17.9 Å². The van der Waals surface area contributed by atoms with E-state index in [1.165, 1.54) is 0 Å². The second-order valence-electron chi connectivity index (χ2n) is 7.93. The molecule has 34 heavy (non-hydrogen) atoms. The molecule has 0 aromatic heterocycles. The first-order valence-electron chi connectivity index (χ1n) is 11.6. The van der Waals surface area contributed by atoms with Gasteiger partial charge in [0, 0.05) is 24.8 Å². The zero-order chi connectivity index (χ0) is 24.6. The highest BCUT2D eigenvalue weighted by Crippen LogP contribution is 2.22. The summed E-state index contributed by atoms with van der Waals surface area (Å²) in [6.45, 7) is 6.60. The number of benzene rings is 1. The molecule has 0 saturated carbocycles. The zero-order valence-corrected chi connectivity index (χ0v) is 19.7. The number of hydrogen-bond donors (Lipinski definition) is 0. The molecule has 1 heterocycles. The first kappa shape index (κ1) is 27.2. The maximum atomic E-state index is 11.8. The third-order valence-electron chi connectivity index (χ3n) is 4.79. The van der Waals surface area contributed by atoms with E-state index in [9.17, 15) is 14.4 Å². The normalized spacial score (nSPS) is 16.1. The minimum atomic E-state index is -0.528. The highest BCUT2D eigenvalue weighted by molar-refractivity contribution is 5.81. The van der Waals surface area contributed by atoms with Gasteiger partial charge in [-0.15, -0.1) is 0 Å². The minimum absolute atomic E-state index is 0.0638. The van der Waals surface area contributed by atoms with Crippen molar-refractivity contribution in [1.82, 2.24) is 0 Å².